The average molecular weight is 599 g/mol. The Morgan fingerprint density at radius 3 is 2.24 bits per heavy atom. The lowest BCUT2D eigenvalue weighted by Crippen LogP contribution is -2.46. The summed E-state index contributed by atoms with van der Waals surface area (Å²) in [5, 5.41) is 12.2. The van der Waals surface area contributed by atoms with Gasteiger partial charge in [-0.2, -0.15) is 0 Å². The van der Waals surface area contributed by atoms with E-state index in [1.165, 1.54) is 0 Å². The number of nitrogens with zero attached hydrogens (tertiary/aromatic N) is 4. The van der Waals surface area contributed by atoms with Crippen molar-refractivity contribution in [3.63, 3.8) is 0 Å². The molecule has 0 saturated carbocycles. The van der Waals surface area contributed by atoms with E-state index in [1.807, 2.05) is 42.5 Å². The number of hydrogen-bond acceptors (Lipinski definition) is 6. The highest BCUT2D eigenvalue weighted by Crippen LogP contribution is 2.34. The van der Waals surface area contributed by atoms with Crippen LogP contribution in [-0.2, 0) is 6.42 Å². The third-order valence-electron chi connectivity index (χ3n) is 8.71. The zero-order valence-electron chi connectivity index (χ0n) is 25.1. The van der Waals surface area contributed by atoms with Gasteiger partial charge in [-0.25, -0.2) is 9.78 Å². The maximum atomic E-state index is 12.7. The number of aromatic amines is 1. The van der Waals surface area contributed by atoms with Gasteiger partial charge in [-0.15, -0.1) is 0 Å². The monoisotopic (exact) mass is 598 g/mol. The van der Waals surface area contributed by atoms with E-state index in [4.69, 9.17) is 9.98 Å². The molecule has 9 nitrogen and oxygen atoms in total. The van der Waals surface area contributed by atoms with Crippen molar-refractivity contribution in [2.75, 3.05) is 46.3 Å². The minimum atomic E-state index is -0.936. The minimum absolute atomic E-state index is 0.0631. The molecular formula is C36H34N6O3. The summed E-state index contributed by atoms with van der Waals surface area (Å²) in [6.07, 6.45) is 0.710. The Kier molecular flexibility index (Phi) is 7.71. The van der Waals surface area contributed by atoms with E-state index in [0.29, 0.717) is 18.5 Å². The average Bonchev–Trinajstić information content (AvgIpc) is 3.69. The summed E-state index contributed by atoms with van der Waals surface area (Å²) < 4.78 is 0. The number of likely N-dealkylation sites (N-methyl/N-ethyl adjacent to an activating group) is 1. The van der Waals surface area contributed by atoms with Crippen molar-refractivity contribution in [1.29, 1.82) is 0 Å². The van der Waals surface area contributed by atoms with Crippen LogP contribution in [0.15, 0.2) is 89.9 Å². The third kappa shape index (κ3) is 6.13. The van der Waals surface area contributed by atoms with Crippen LogP contribution in [0.4, 0.5) is 5.69 Å². The summed E-state index contributed by atoms with van der Waals surface area (Å²) in [7, 11) is 2.14. The van der Waals surface area contributed by atoms with E-state index < -0.39 is 5.97 Å². The van der Waals surface area contributed by atoms with Crippen molar-refractivity contribution >= 4 is 34.3 Å². The van der Waals surface area contributed by atoms with Crippen LogP contribution in [0.2, 0.25) is 0 Å². The molecule has 0 radical (unpaired) electrons. The summed E-state index contributed by atoms with van der Waals surface area (Å²) in [5.41, 5.74) is 9.66. The molecule has 9 heteroatoms. The Bertz CT molecular complexity index is 1920. The fourth-order valence-corrected chi connectivity index (χ4v) is 5.94. The van der Waals surface area contributed by atoms with Crippen LogP contribution in [0.25, 0.3) is 33.5 Å². The number of nitrogens with one attached hydrogen (secondary N) is 2. The number of fused-ring (bicyclic) bond motifs is 2. The Labute approximate surface area is 261 Å². The number of carboxylic acid groups (broad SMARTS) is 1. The lowest BCUT2D eigenvalue weighted by atomic mass is 9.99. The summed E-state index contributed by atoms with van der Waals surface area (Å²) in [5.74, 6) is -0.248. The number of carbonyl (C=O) groups excluding carboxylic acids is 1. The summed E-state index contributed by atoms with van der Waals surface area (Å²) in [6.45, 7) is 5.71. The Morgan fingerprint density at radius 1 is 0.822 bits per heavy atom. The lowest BCUT2D eigenvalue weighted by Gasteiger charge is -2.32. The van der Waals surface area contributed by atoms with Crippen molar-refractivity contribution in [1.82, 2.24) is 25.1 Å². The van der Waals surface area contributed by atoms with Crippen LogP contribution in [0.3, 0.4) is 0 Å². The topological polar surface area (TPSA) is 114 Å². The second-order valence-electron chi connectivity index (χ2n) is 11.8. The fraction of sp³-hybridized carbons (Fsp3) is 0.222. The van der Waals surface area contributed by atoms with Crippen LogP contribution in [0.1, 0.15) is 31.8 Å². The van der Waals surface area contributed by atoms with E-state index in [9.17, 15) is 14.7 Å². The molecule has 45 heavy (non-hydrogen) atoms. The number of benzene rings is 4. The van der Waals surface area contributed by atoms with Crippen LogP contribution in [-0.4, -0.2) is 88.8 Å². The van der Waals surface area contributed by atoms with Crippen LogP contribution >= 0.6 is 0 Å². The third-order valence-corrected chi connectivity index (χ3v) is 8.71. The first-order valence-corrected chi connectivity index (χ1v) is 15.2. The van der Waals surface area contributed by atoms with Crippen molar-refractivity contribution in [2.24, 2.45) is 4.99 Å². The zero-order valence-corrected chi connectivity index (χ0v) is 25.1. The number of H-pyrrole nitrogens is 1. The molecule has 1 fully saturated rings. The molecule has 1 amide bonds. The van der Waals surface area contributed by atoms with Gasteiger partial charge in [-0.05, 0) is 71.8 Å². The van der Waals surface area contributed by atoms with E-state index in [0.717, 1.165) is 88.8 Å². The molecule has 226 valence electrons. The number of aromatic nitrogens is 2. The minimum Gasteiger partial charge on any atom is -0.478 e. The number of amides is 1. The number of imidazole rings is 1. The summed E-state index contributed by atoms with van der Waals surface area (Å²) in [6, 6.07) is 26.9. The highest BCUT2D eigenvalue weighted by molar-refractivity contribution is 6.07. The standard InChI is InChI=1S/C36H34N6O3/c1-41-16-18-42(19-17-41)15-14-37-35(43)25-6-4-24(5-7-25)34-39-30-13-12-28(21-33(30)40-34)27-10-11-29-22-31(38-32(29)20-27)23-2-8-26(9-3-23)36(44)45/h2-13,20-21H,14-19,22H2,1H3,(H,37,43)(H,39,40)(H,44,45). The molecule has 1 saturated heterocycles. The second kappa shape index (κ2) is 12.1. The van der Waals surface area contributed by atoms with Crippen molar-refractivity contribution in [2.45, 2.75) is 6.42 Å². The van der Waals surface area contributed by atoms with Gasteiger partial charge in [0.05, 0.1) is 28.0 Å². The van der Waals surface area contributed by atoms with E-state index in [-0.39, 0.29) is 11.5 Å². The quantitative estimate of drug-likeness (QED) is 0.225. The van der Waals surface area contributed by atoms with Gasteiger partial charge in [0.1, 0.15) is 5.82 Å². The van der Waals surface area contributed by atoms with Crippen molar-refractivity contribution < 1.29 is 14.7 Å². The number of carboxylic acids is 1. The normalized spacial score (nSPS) is 15.2. The van der Waals surface area contributed by atoms with Gasteiger partial charge < -0.3 is 20.3 Å². The molecule has 2 aliphatic heterocycles. The maximum absolute atomic E-state index is 12.7. The molecule has 3 heterocycles. The Hall–Kier alpha value is -5.12. The van der Waals surface area contributed by atoms with Crippen LogP contribution in [0, 0.1) is 0 Å². The van der Waals surface area contributed by atoms with Gasteiger partial charge in [0.25, 0.3) is 5.91 Å². The summed E-state index contributed by atoms with van der Waals surface area (Å²) in [4.78, 5) is 41.7. The largest absolute Gasteiger partial charge is 0.478 e. The predicted octanol–water partition coefficient (Wildman–Crippen LogP) is 5.25. The van der Waals surface area contributed by atoms with Crippen LogP contribution in [0.5, 0.6) is 0 Å². The van der Waals surface area contributed by atoms with Crippen LogP contribution < -0.4 is 5.32 Å². The first-order chi connectivity index (χ1) is 21.9. The highest BCUT2D eigenvalue weighted by Gasteiger charge is 2.18. The highest BCUT2D eigenvalue weighted by atomic mass is 16.4. The molecule has 0 spiro atoms. The molecule has 0 unspecified atom stereocenters. The molecule has 2 aliphatic rings. The fourth-order valence-electron chi connectivity index (χ4n) is 5.94. The van der Waals surface area contributed by atoms with Gasteiger partial charge in [0.2, 0.25) is 0 Å². The number of aliphatic imine (C=N–C) groups is 1. The first kappa shape index (κ1) is 28.6. The molecule has 5 aromatic rings. The Morgan fingerprint density at radius 2 is 1.49 bits per heavy atom. The SMILES string of the molecule is CN1CCN(CCNC(=O)c2ccc(-c3nc4ccc(-c5ccc6c(c5)N=C(c5ccc(C(=O)O)cc5)C6)cc4[nH]3)cc2)CC1. The van der Waals surface area contributed by atoms with Gasteiger partial charge in [0.15, 0.2) is 0 Å². The molecule has 7 rings (SSSR count). The molecule has 0 aliphatic carbocycles. The summed E-state index contributed by atoms with van der Waals surface area (Å²) >= 11 is 0. The Balaban J connectivity index is 1.02. The number of hydrogen-bond donors (Lipinski definition) is 3. The predicted molar refractivity (Wildman–Crippen MR) is 177 cm³/mol. The molecule has 0 atom stereocenters. The molecule has 4 aromatic carbocycles. The zero-order chi connectivity index (χ0) is 30.9. The van der Waals surface area contributed by atoms with E-state index >= 15 is 0 Å². The number of piperazine rings is 1. The van der Waals surface area contributed by atoms with Crippen molar-refractivity contribution in [3.8, 4) is 22.5 Å². The lowest BCUT2D eigenvalue weighted by molar-refractivity contribution is 0.0696. The molecule has 1 aromatic heterocycles. The molecule has 0 bridgehead atoms. The molecule has 3 N–H and O–H groups in total. The number of carbonyl (C=O) groups is 2. The smallest absolute Gasteiger partial charge is 0.335 e. The van der Waals surface area contributed by atoms with Gasteiger partial charge in [0, 0.05) is 56.8 Å². The van der Waals surface area contributed by atoms with Gasteiger partial charge in [-0.1, -0.05) is 42.5 Å². The van der Waals surface area contributed by atoms with Crippen molar-refractivity contribution in [3.05, 3.63) is 107 Å². The van der Waals surface area contributed by atoms with E-state index in [2.05, 4.69) is 57.5 Å². The number of rotatable bonds is 8. The maximum Gasteiger partial charge on any atom is 0.335 e. The van der Waals surface area contributed by atoms with Gasteiger partial charge in [-0.3, -0.25) is 14.7 Å². The first-order valence-electron chi connectivity index (χ1n) is 15.2. The van der Waals surface area contributed by atoms with Gasteiger partial charge >= 0.3 is 5.97 Å². The van der Waals surface area contributed by atoms with E-state index in [1.54, 1.807) is 12.1 Å². The molecular weight excluding hydrogens is 564 g/mol. The second-order valence-corrected chi connectivity index (χ2v) is 11.8. The number of aromatic carboxylic acids is 1.